The standard InChI is InChI=1S/C16H23/c1-3-13-7-5-9-15(11-13)16-10-6-8-14(4-2)12-16/h5,7,9,14,16H,3-4,6,8,10,12H2,1-2H3. The van der Waals surface area contributed by atoms with Crippen LogP contribution in [0, 0.1) is 12.0 Å². The molecule has 87 valence electrons. The Balaban J connectivity index is 2.10. The summed E-state index contributed by atoms with van der Waals surface area (Å²) in [5.41, 5.74) is 2.84. The van der Waals surface area contributed by atoms with E-state index in [0.29, 0.717) is 0 Å². The highest BCUT2D eigenvalue weighted by molar-refractivity contribution is 5.25. The monoisotopic (exact) mass is 215 g/mol. The molecule has 0 amide bonds. The molecule has 1 aliphatic rings. The second-order valence-corrected chi connectivity index (χ2v) is 5.12. The van der Waals surface area contributed by atoms with E-state index in [4.69, 9.17) is 0 Å². The summed E-state index contributed by atoms with van der Waals surface area (Å²) in [6.07, 6.45) is 8.08. The van der Waals surface area contributed by atoms with Crippen LogP contribution in [-0.4, -0.2) is 0 Å². The maximum Gasteiger partial charge on any atom is -0.0111 e. The Kier molecular flexibility index (Phi) is 4.04. The van der Waals surface area contributed by atoms with Gasteiger partial charge in [0.05, 0.1) is 0 Å². The molecule has 0 saturated heterocycles. The molecule has 0 heterocycles. The molecular formula is C16H23. The Morgan fingerprint density at radius 1 is 1.25 bits per heavy atom. The molecule has 1 aromatic rings. The fraction of sp³-hybridized carbons (Fsp3) is 0.625. The lowest BCUT2D eigenvalue weighted by atomic mass is 9.77. The van der Waals surface area contributed by atoms with Gasteiger partial charge in [0.2, 0.25) is 0 Å². The van der Waals surface area contributed by atoms with Crippen molar-refractivity contribution >= 4 is 0 Å². The van der Waals surface area contributed by atoms with Crippen molar-refractivity contribution in [2.45, 2.75) is 58.3 Å². The van der Waals surface area contributed by atoms with E-state index in [2.05, 4.69) is 38.1 Å². The van der Waals surface area contributed by atoms with E-state index < -0.39 is 0 Å². The average Bonchev–Trinajstić information content (AvgIpc) is 2.39. The minimum absolute atomic E-state index is 0.783. The SMILES string of the molecule is CCc1[c]c(C2CCCC(CC)C2)ccc1. The van der Waals surface area contributed by atoms with Crippen LogP contribution in [0.15, 0.2) is 18.2 Å². The van der Waals surface area contributed by atoms with Crippen molar-refractivity contribution in [1.82, 2.24) is 0 Å². The number of hydrogen-bond donors (Lipinski definition) is 0. The third kappa shape index (κ3) is 2.66. The highest BCUT2D eigenvalue weighted by Crippen LogP contribution is 2.37. The summed E-state index contributed by atoms with van der Waals surface area (Å²) in [6, 6.07) is 10.3. The summed E-state index contributed by atoms with van der Waals surface area (Å²) in [4.78, 5) is 0. The third-order valence-electron chi connectivity index (χ3n) is 4.06. The largest absolute Gasteiger partial charge is 0.0651 e. The van der Waals surface area contributed by atoms with Crippen LogP contribution in [-0.2, 0) is 6.42 Å². The highest BCUT2D eigenvalue weighted by atomic mass is 14.3. The van der Waals surface area contributed by atoms with Gasteiger partial charge in [0.1, 0.15) is 0 Å². The van der Waals surface area contributed by atoms with Gasteiger partial charge >= 0.3 is 0 Å². The molecule has 1 saturated carbocycles. The van der Waals surface area contributed by atoms with Crippen LogP contribution < -0.4 is 0 Å². The normalized spacial score (nSPS) is 25.6. The molecule has 1 radical (unpaired) electrons. The Bertz CT molecular complexity index is 327. The summed E-state index contributed by atoms with van der Waals surface area (Å²) in [5, 5.41) is 0. The molecule has 0 aliphatic heterocycles. The molecule has 2 atom stereocenters. The second-order valence-electron chi connectivity index (χ2n) is 5.12. The zero-order valence-corrected chi connectivity index (χ0v) is 10.6. The molecular weight excluding hydrogens is 192 g/mol. The van der Waals surface area contributed by atoms with E-state index in [0.717, 1.165) is 18.3 Å². The van der Waals surface area contributed by atoms with Gasteiger partial charge in [-0.15, -0.1) is 0 Å². The first kappa shape index (κ1) is 11.7. The van der Waals surface area contributed by atoms with Crippen molar-refractivity contribution in [3.05, 3.63) is 35.4 Å². The van der Waals surface area contributed by atoms with Gasteiger partial charge in [0, 0.05) is 0 Å². The Labute approximate surface area is 100 Å². The molecule has 0 aromatic heterocycles. The molecule has 0 heteroatoms. The van der Waals surface area contributed by atoms with Gasteiger partial charge in [-0.3, -0.25) is 0 Å². The molecule has 1 fully saturated rings. The maximum atomic E-state index is 3.61. The van der Waals surface area contributed by atoms with E-state index >= 15 is 0 Å². The van der Waals surface area contributed by atoms with Crippen molar-refractivity contribution in [2.24, 2.45) is 5.92 Å². The Morgan fingerprint density at radius 2 is 2.12 bits per heavy atom. The number of aryl methyl sites for hydroxylation is 1. The quantitative estimate of drug-likeness (QED) is 0.683. The molecule has 2 rings (SSSR count). The maximum absolute atomic E-state index is 3.61. The van der Waals surface area contributed by atoms with Crippen molar-refractivity contribution in [2.75, 3.05) is 0 Å². The zero-order chi connectivity index (χ0) is 11.4. The minimum Gasteiger partial charge on any atom is -0.0651 e. The number of hydrogen-bond acceptors (Lipinski definition) is 0. The van der Waals surface area contributed by atoms with Gasteiger partial charge < -0.3 is 0 Å². The molecule has 1 aromatic carbocycles. The lowest BCUT2D eigenvalue weighted by Gasteiger charge is -2.28. The van der Waals surface area contributed by atoms with Crippen molar-refractivity contribution in [1.29, 1.82) is 0 Å². The van der Waals surface area contributed by atoms with Gasteiger partial charge in [-0.05, 0) is 48.3 Å². The molecule has 0 N–H and O–H groups in total. The summed E-state index contributed by atoms with van der Waals surface area (Å²) >= 11 is 0. The number of rotatable bonds is 3. The van der Waals surface area contributed by atoms with Crippen LogP contribution in [0.1, 0.15) is 63.0 Å². The van der Waals surface area contributed by atoms with Crippen LogP contribution in [0.4, 0.5) is 0 Å². The molecule has 1 aliphatic carbocycles. The van der Waals surface area contributed by atoms with E-state index in [-0.39, 0.29) is 0 Å². The van der Waals surface area contributed by atoms with Crippen molar-refractivity contribution in [3.63, 3.8) is 0 Å². The predicted molar refractivity (Wildman–Crippen MR) is 69.6 cm³/mol. The Hall–Kier alpha value is -0.780. The van der Waals surface area contributed by atoms with Gasteiger partial charge in [0.15, 0.2) is 0 Å². The Morgan fingerprint density at radius 3 is 2.88 bits per heavy atom. The first-order valence-electron chi connectivity index (χ1n) is 6.84. The average molecular weight is 215 g/mol. The van der Waals surface area contributed by atoms with Gasteiger partial charge in [-0.25, -0.2) is 0 Å². The van der Waals surface area contributed by atoms with Crippen LogP contribution >= 0.6 is 0 Å². The van der Waals surface area contributed by atoms with Crippen LogP contribution in [0.3, 0.4) is 0 Å². The van der Waals surface area contributed by atoms with E-state index in [9.17, 15) is 0 Å². The molecule has 0 nitrogen and oxygen atoms in total. The molecule has 16 heavy (non-hydrogen) atoms. The van der Waals surface area contributed by atoms with Crippen LogP contribution in [0.2, 0.25) is 0 Å². The predicted octanol–water partition coefficient (Wildman–Crippen LogP) is 4.73. The van der Waals surface area contributed by atoms with Crippen LogP contribution in [0.25, 0.3) is 0 Å². The van der Waals surface area contributed by atoms with E-state index in [1.54, 1.807) is 0 Å². The first-order valence-corrected chi connectivity index (χ1v) is 6.84. The summed E-state index contributed by atoms with van der Waals surface area (Å²) in [6.45, 7) is 4.55. The fourth-order valence-electron chi connectivity index (χ4n) is 2.93. The smallest absolute Gasteiger partial charge is 0.0111 e. The first-order chi connectivity index (χ1) is 7.83. The second kappa shape index (κ2) is 5.52. The van der Waals surface area contributed by atoms with Crippen molar-refractivity contribution < 1.29 is 0 Å². The summed E-state index contributed by atoms with van der Waals surface area (Å²) in [7, 11) is 0. The topological polar surface area (TPSA) is 0 Å². The fourth-order valence-corrected chi connectivity index (χ4v) is 2.93. The van der Waals surface area contributed by atoms with Crippen LogP contribution in [0.5, 0.6) is 0 Å². The van der Waals surface area contributed by atoms with E-state index in [1.807, 2.05) is 0 Å². The van der Waals surface area contributed by atoms with Gasteiger partial charge in [0.25, 0.3) is 0 Å². The highest BCUT2D eigenvalue weighted by Gasteiger charge is 2.22. The minimum atomic E-state index is 0.783. The van der Waals surface area contributed by atoms with Crippen molar-refractivity contribution in [3.8, 4) is 0 Å². The molecule has 2 unspecified atom stereocenters. The third-order valence-corrected chi connectivity index (χ3v) is 4.06. The van der Waals surface area contributed by atoms with Gasteiger partial charge in [-0.1, -0.05) is 51.3 Å². The summed E-state index contributed by atoms with van der Waals surface area (Å²) < 4.78 is 0. The summed E-state index contributed by atoms with van der Waals surface area (Å²) in [5.74, 6) is 1.74. The van der Waals surface area contributed by atoms with E-state index in [1.165, 1.54) is 43.2 Å². The molecule has 0 spiro atoms. The lowest BCUT2D eigenvalue weighted by molar-refractivity contribution is 0.314. The lowest BCUT2D eigenvalue weighted by Crippen LogP contribution is -2.13. The molecule has 0 bridgehead atoms. The van der Waals surface area contributed by atoms with Gasteiger partial charge in [-0.2, -0.15) is 0 Å². The zero-order valence-electron chi connectivity index (χ0n) is 10.6. The number of benzene rings is 1.